The number of hydrogen-bond acceptors (Lipinski definition) is 6. The summed E-state index contributed by atoms with van der Waals surface area (Å²) in [4.78, 5) is 16.3. The quantitative estimate of drug-likeness (QED) is 0.295. The highest BCUT2D eigenvalue weighted by atomic mass is 32.2. The average molecular weight is 323 g/mol. The van der Waals surface area contributed by atoms with Crippen LogP contribution in [0.3, 0.4) is 0 Å². The number of H-pyrrole nitrogens is 1. The number of rotatable bonds is 4. The smallest absolute Gasteiger partial charge is 0.275 e. The lowest BCUT2D eigenvalue weighted by molar-refractivity contribution is 0.0957. The predicted molar refractivity (Wildman–Crippen MR) is 79.4 cm³/mol. The number of amides is 1. The number of carbonyl (C=O) groups excluding carboxylic acids is 1. The number of thioether (sulfide) groups is 1. The van der Waals surface area contributed by atoms with Gasteiger partial charge in [-0.2, -0.15) is 5.10 Å². The van der Waals surface area contributed by atoms with Gasteiger partial charge in [0, 0.05) is 15.8 Å². The number of halogens is 1. The molecule has 2 heterocycles. The number of fused-ring (bicyclic) bond motifs is 1. The molecular weight excluding hydrogens is 313 g/mol. The Kier molecular flexibility index (Phi) is 3.86. The van der Waals surface area contributed by atoms with Crippen molar-refractivity contribution in [3.8, 4) is 0 Å². The Hall–Kier alpha value is -1.97. The molecule has 9 heteroatoms. The molecule has 0 saturated heterocycles. The number of nitrogens with one attached hydrogen (secondary N) is 2. The molecule has 3 rings (SSSR count). The van der Waals surface area contributed by atoms with Crippen LogP contribution in [0, 0.1) is 5.82 Å². The maximum atomic E-state index is 14.1. The summed E-state index contributed by atoms with van der Waals surface area (Å²) in [6.07, 6.45) is 1.39. The highest BCUT2D eigenvalue weighted by Gasteiger charge is 2.20. The fourth-order valence-electron chi connectivity index (χ4n) is 1.96. The summed E-state index contributed by atoms with van der Waals surface area (Å²) in [6.45, 7) is 0. The highest BCUT2D eigenvalue weighted by Crippen LogP contribution is 2.36. The lowest BCUT2D eigenvalue weighted by Crippen LogP contribution is -2.29. The van der Waals surface area contributed by atoms with Gasteiger partial charge in [0.15, 0.2) is 5.16 Å². The van der Waals surface area contributed by atoms with Gasteiger partial charge in [-0.05, 0) is 17.7 Å². The molecule has 2 aromatic heterocycles. The van der Waals surface area contributed by atoms with Crippen LogP contribution in [0.4, 0.5) is 4.39 Å². The topological polar surface area (TPSA) is 96.7 Å². The van der Waals surface area contributed by atoms with E-state index in [-0.39, 0.29) is 5.82 Å². The van der Waals surface area contributed by atoms with E-state index in [1.165, 1.54) is 35.5 Å². The van der Waals surface area contributed by atoms with Crippen molar-refractivity contribution < 1.29 is 9.18 Å². The molecule has 0 spiro atoms. The number of aromatic nitrogens is 3. The number of benzene rings is 1. The number of aromatic amines is 1. The zero-order valence-corrected chi connectivity index (χ0v) is 12.2. The summed E-state index contributed by atoms with van der Waals surface area (Å²) < 4.78 is 14.8. The van der Waals surface area contributed by atoms with Crippen molar-refractivity contribution in [3.63, 3.8) is 0 Å². The Morgan fingerprint density at radius 3 is 3.10 bits per heavy atom. The summed E-state index contributed by atoms with van der Waals surface area (Å²) in [5.41, 5.74) is 2.71. The number of hydrogen-bond donors (Lipinski definition) is 3. The largest absolute Gasteiger partial charge is 0.289 e. The molecule has 3 aromatic rings. The van der Waals surface area contributed by atoms with E-state index in [1.54, 1.807) is 12.1 Å². The zero-order valence-electron chi connectivity index (χ0n) is 10.6. The summed E-state index contributed by atoms with van der Waals surface area (Å²) in [5.74, 6) is 4.81. The van der Waals surface area contributed by atoms with Crippen molar-refractivity contribution >= 4 is 39.1 Å². The second-order valence-corrected chi connectivity index (χ2v) is 6.09. The molecule has 21 heavy (non-hydrogen) atoms. The molecule has 0 aliphatic carbocycles. The van der Waals surface area contributed by atoms with Crippen LogP contribution in [-0.4, -0.2) is 21.1 Å². The van der Waals surface area contributed by atoms with Crippen molar-refractivity contribution in [2.45, 2.75) is 10.9 Å². The molecule has 108 valence electrons. The maximum absolute atomic E-state index is 14.1. The van der Waals surface area contributed by atoms with Crippen molar-refractivity contribution in [1.29, 1.82) is 0 Å². The Balaban J connectivity index is 2.06. The first-order valence-electron chi connectivity index (χ1n) is 5.89. The Bertz CT molecular complexity index is 786. The second kappa shape index (κ2) is 5.80. The normalized spacial score (nSPS) is 11.0. The van der Waals surface area contributed by atoms with Crippen molar-refractivity contribution in [2.75, 3.05) is 0 Å². The van der Waals surface area contributed by atoms with Crippen LogP contribution in [0.15, 0.2) is 29.7 Å². The molecule has 4 N–H and O–H groups in total. The minimum absolute atomic E-state index is 0.354. The van der Waals surface area contributed by atoms with E-state index in [2.05, 4.69) is 20.6 Å². The van der Waals surface area contributed by atoms with Crippen LogP contribution in [0.5, 0.6) is 0 Å². The van der Waals surface area contributed by atoms with Gasteiger partial charge in [0.2, 0.25) is 0 Å². The molecule has 0 saturated carbocycles. The molecule has 0 unspecified atom stereocenters. The van der Waals surface area contributed by atoms with Crippen LogP contribution in [0.1, 0.15) is 15.2 Å². The Morgan fingerprint density at radius 2 is 2.38 bits per heavy atom. The number of thiophene rings is 1. The summed E-state index contributed by atoms with van der Waals surface area (Å²) in [6, 6.07) is 4.77. The van der Waals surface area contributed by atoms with E-state index in [0.717, 1.165) is 0 Å². The highest BCUT2D eigenvalue weighted by molar-refractivity contribution is 7.98. The SMILES string of the molecule is NNC(=O)c1sc2cccc(F)c2c1CSc1ncn[nH]1. The van der Waals surface area contributed by atoms with Crippen LogP contribution in [0.2, 0.25) is 0 Å². The van der Waals surface area contributed by atoms with E-state index in [4.69, 9.17) is 5.84 Å². The monoisotopic (exact) mass is 323 g/mol. The lowest BCUT2D eigenvalue weighted by Gasteiger charge is -2.03. The van der Waals surface area contributed by atoms with E-state index < -0.39 is 5.91 Å². The third-order valence-corrected chi connectivity index (χ3v) is 4.95. The number of nitrogens with two attached hydrogens (primary N) is 1. The van der Waals surface area contributed by atoms with Crippen molar-refractivity contribution in [2.24, 2.45) is 5.84 Å². The predicted octanol–water partition coefficient (Wildman–Crippen LogP) is 2.05. The summed E-state index contributed by atoms with van der Waals surface area (Å²) in [5, 5.41) is 7.51. The second-order valence-electron chi connectivity index (χ2n) is 4.08. The molecule has 0 aliphatic rings. The Labute approximate surface area is 126 Å². The number of hydrazine groups is 1. The van der Waals surface area contributed by atoms with E-state index in [0.29, 0.717) is 31.4 Å². The van der Waals surface area contributed by atoms with Crippen LogP contribution >= 0.6 is 23.1 Å². The van der Waals surface area contributed by atoms with Crippen molar-refractivity contribution in [1.82, 2.24) is 20.6 Å². The molecule has 0 aliphatic heterocycles. The number of carbonyl (C=O) groups is 1. The third kappa shape index (κ3) is 2.62. The first-order chi connectivity index (χ1) is 10.2. The standard InChI is InChI=1S/C12H10FN5OS2/c13-7-2-1-3-8-9(7)6(10(21-8)11(19)17-14)4-20-12-15-5-16-18-12/h1-3,5H,4,14H2,(H,17,19)(H,15,16,18). The van der Waals surface area contributed by atoms with Gasteiger partial charge in [0.05, 0.1) is 4.88 Å². The minimum atomic E-state index is -0.427. The molecule has 0 radical (unpaired) electrons. The molecule has 1 aromatic carbocycles. The fourth-order valence-corrected chi connectivity index (χ4v) is 4.00. The molecule has 0 atom stereocenters. The van der Waals surface area contributed by atoms with Crippen LogP contribution < -0.4 is 11.3 Å². The zero-order chi connectivity index (χ0) is 14.8. The van der Waals surface area contributed by atoms with Gasteiger partial charge < -0.3 is 0 Å². The Morgan fingerprint density at radius 1 is 1.52 bits per heavy atom. The fraction of sp³-hybridized carbons (Fsp3) is 0.0833. The van der Waals surface area contributed by atoms with Gasteiger partial charge in [-0.15, -0.1) is 11.3 Å². The van der Waals surface area contributed by atoms with Gasteiger partial charge in [0.25, 0.3) is 5.91 Å². The van der Waals surface area contributed by atoms with Gasteiger partial charge in [0.1, 0.15) is 12.1 Å². The number of nitrogen functional groups attached to an aromatic ring is 1. The van der Waals surface area contributed by atoms with Crippen LogP contribution in [0.25, 0.3) is 10.1 Å². The first kappa shape index (κ1) is 14.0. The summed E-state index contributed by atoms with van der Waals surface area (Å²) >= 11 is 2.56. The summed E-state index contributed by atoms with van der Waals surface area (Å²) in [7, 11) is 0. The van der Waals surface area contributed by atoms with Gasteiger partial charge in [-0.25, -0.2) is 15.2 Å². The van der Waals surface area contributed by atoms with E-state index >= 15 is 0 Å². The lowest BCUT2D eigenvalue weighted by atomic mass is 10.1. The first-order valence-corrected chi connectivity index (χ1v) is 7.70. The molecule has 1 amide bonds. The molecule has 0 bridgehead atoms. The van der Waals surface area contributed by atoms with Gasteiger partial charge in [-0.3, -0.25) is 15.3 Å². The minimum Gasteiger partial charge on any atom is -0.289 e. The molecule has 6 nitrogen and oxygen atoms in total. The van der Waals surface area contributed by atoms with Crippen LogP contribution in [-0.2, 0) is 5.75 Å². The van der Waals surface area contributed by atoms with Gasteiger partial charge in [-0.1, -0.05) is 17.8 Å². The maximum Gasteiger partial charge on any atom is 0.275 e. The van der Waals surface area contributed by atoms with Crippen molar-refractivity contribution in [3.05, 3.63) is 40.8 Å². The average Bonchev–Trinajstić information content (AvgIpc) is 3.12. The third-order valence-electron chi connectivity index (χ3n) is 2.85. The molecule has 0 fully saturated rings. The molecular formula is C12H10FN5OS2. The van der Waals surface area contributed by atoms with E-state index in [1.807, 2.05) is 0 Å². The number of nitrogens with zero attached hydrogens (tertiary/aromatic N) is 2. The van der Waals surface area contributed by atoms with E-state index in [9.17, 15) is 9.18 Å². The van der Waals surface area contributed by atoms with Gasteiger partial charge >= 0.3 is 0 Å².